The summed E-state index contributed by atoms with van der Waals surface area (Å²) in [6.45, 7) is 7.64. The third-order valence-corrected chi connectivity index (χ3v) is 4.48. The summed E-state index contributed by atoms with van der Waals surface area (Å²) in [4.78, 5) is 14.8. The molecule has 0 aliphatic carbocycles. The van der Waals surface area contributed by atoms with Crippen LogP contribution in [0.1, 0.15) is 30.6 Å². The lowest BCUT2D eigenvalue weighted by Crippen LogP contribution is -2.28. The molecule has 3 N–H and O–H groups in total. The maximum Gasteiger partial charge on any atom is 0.255 e. The van der Waals surface area contributed by atoms with Gasteiger partial charge in [-0.05, 0) is 48.7 Å². The molecule has 0 saturated carbocycles. The maximum absolute atomic E-state index is 12.4. The molecule has 1 aliphatic rings. The van der Waals surface area contributed by atoms with Gasteiger partial charge in [-0.15, -0.1) is 24.8 Å². The number of carbonyl (C=O) groups excluding carboxylic acids is 1. The number of amides is 1. The van der Waals surface area contributed by atoms with Crippen LogP contribution in [0.5, 0.6) is 5.75 Å². The highest BCUT2D eigenvalue weighted by molar-refractivity contribution is 6.05. The van der Waals surface area contributed by atoms with Gasteiger partial charge in [0.15, 0.2) is 0 Å². The number of likely N-dealkylation sites (tertiary alicyclic amines) is 1. The SMILES string of the molecule is CC(C)CN1CCC(Oc2ccc(C(=O)Nc3ccccc3N)cc2)C1.Cl.Cl. The summed E-state index contributed by atoms with van der Waals surface area (Å²) in [6.07, 6.45) is 1.26. The molecule has 28 heavy (non-hydrogen) atoms. The Kier molecular flexibility index (Phi) is 9.59. The highest BCUT2D eigenvalue weighted by Gasteiger charge is 2.24. The van der Waals surface area contributed by atoms with Gasteiger partial charge in [-0.3, -0.25) is 9.69 Å². The molecular formula is C21H29Cl2N3O2. The van der Waals surface area contributed by atoms with E-state index in [4.69, 9.17) is 10.5 Å². The Hall–Kier alpha value is -1.95. The Morgan fingerprint density at radius 2 is 1.86 bits per heavy atom. The fourth-order valence-electron chi connectivity index (χ4n) is 3.26. The van der Waals surface area contributed by atoms with E-state index in [0.29, 0.717) is 22.9 Å². The van der Waals surface area contributed by atoms with Crippen LogP contribution in [0.3, 0.4) is 0 Å². The third-order valence-electron chi connectivity index (χ3n) is 4.48. The number of hydrogen-bond donors (Lipinski definition) is 2. The van der Waals surface area contributed by atoms with Crippen molar-refractivity contribution >= 4 is 42.1 Å². The van der Waals surface area contributed by atoms with Gasteiger partial charge in [0, 0.05) is 25.2 Å². The van der Waals surface area contributed by atoms with Crippen molar-refractivity contribution in [3.63, 3.8) is 0 Å². The van der Waals surface area contributed by atoms with Gasteiger partial charge in [-0.2, -0.15) is 0 Å². The zero-order valence-electron chi connectivity index (χ0n) is 16.3. The quantitative estimate of drug-likeness (QED) is 0.669. The molecule has 1 unspecified atom stereocenters. The van der Waals surface area contributed by atoms with E-state index >= 15 is 0 Å². The van der Waals surface area contributed by atoms with E-state index in [2.05, 4.69) is 24.1 Å². The number of carbonyl (C=O) groups is 1. The molecular weight excluding hydrogens is 397 g/mol. The first-order valence-electron chi connectivity index (χ1n) is 9.16. The van der Waals surface area contributed by atoms with Gasteiger partial charge in [-0.25, -0.2) is 0 Å². The number of benzene rings is 2. The number of hydrogen-bond acceptors (Lipinski definition) is 4. The Morgan fingerprint density at radius 3 is 2.50 bits per heavy atom. The number of ether oxygens (including phenoxy) is 1. The summed E-state index contributed by atoms with van der Waals surface area (Å²) >= 11 is 0. The average Bonchev–Trinajstić information content (AvgIpc) is 3.03. The minimum atomic E-state index is -0.182. The second-order valence-electron chi connectivity index (χ2n) is 7.25. The lowest BCUT2D eigenvalue weighted by Gasteiger charge is -2.18. The Balaban J connectivity index is 0.00000196. The predicted molar refractivity (Wildman–Crippen MR) is 120 cm³/mol. The van der Waals surface area contributed by atoms with E-state index in [0.717, 1.165) is 31.8 Å². The fraction of sp³-hybridized carbons (Fsp3) is 0.381. The van der Waals surface area contributed by atoms with Crippen LogP contribution < -0.4 is 15.8 Å². The summed E-state index contributed by atoms with van der Waals surface area (Å²) in [6, 6.07) is 14.5. The van der Waals surface area contributed by atoms with Gasteiger partial charge in [0.25, 0.3) is 5.91 Å². The van der Waals surface area contributed by atoms with Gasteiger partial charge < -0.3 is 15.8 Å². The molecule has 0 radical (unpaired) electrons. The second kappa shape index (κ2) is 11.1. The van der Waals surface area contributed by atoms with Crippen LogP contribution >= 0.6 is 24.8 Å². The second-order valence-corrected chi connectivity index (χ2v) is 7.25. The van der Waals surface area contributed by atoms with E-state index in [-0.39, 0.29) is 36.8 Å². The molecule has 1 aliphatic heterocycles. The fourth-order valence-corrected chi connectivity index (χ4v) is 3.26. The first-order valence-corrected chi connectivity index (χ1v) is 9.16. The lowest BCUT2D eigenvalue weighted by atomic mass is 10.2. The van der Waals surface area contributed by atoms with E-state index in [1.165, 1.54) is 0 Å². The van der Waals surface area contributed by atoms with E-state index in [1.807, 2.05) is 24.3 Å². The molecule has 0 spiro atoms. The normalized spacial score (nSPS) is 16.2. The van der Waals surface area contributed by atoms with Gasteiger partial charge in [0.1, 0.15) is 11.9 Å². The van der Waals surface area contributed by atoms with Crippen LogP contribution in [-0.2, 0) is 0 Å². The monoisotopic (exact) mass is 425 g/mol. The lowest BCUT2D eigenvalue weighted by molar-refractivity contribution is 0.102. The van der Waals surface area contributed by atoms with Crippen LogP contribution in [0.4, 0.5) is 11.4 Å². The molecule has 7 heteroatoms. The van der Waals surface area contributed by atoms with Crippen molar-refractivity contribution in [2.45, 2.75) is 26.4 Å². The van der Waals surface area contributed by atoms with Crippen molar-refractivity contribution in [2.24, 2.45) is 5.92 Å². The largest absolute Gasteiger partial charge is 0.489 e. The van der Waals surface area contributed by atoms with E-state index in [1.54, 1.807) is 24.3 Å². The molecule has 0 aromatic heterocycles. The third kappa shape index (κ3) is 6.59. The zero-order valence-corrected chi connectivity index (χ0v) is 17.9. The number of nitrogens with two attached hydrogens (primary N) is 1. The minimum Gasteiger partial charge on any atom is -0.489 e. The number of nitrogens with zero attached hydrogens (tertiary/aromatic N) is 1. The Morgan fingerprint density at radius 1 is 1.18 bits per heavy atom. The maximum atomic E-state index is 12.4. The minimum absolute atomic E-state index is 0. The summed E-state index contributed by atoms with van der Waals surface area (Å²) in [5.41, 5.74) is 7.61. The van der Waals surface area contributed by atoms with Crippen molar-refractivity contribution in [3.05, 3.63) is 54.1 Å². The summed E-state index contributed by atoms with van der Waals surface area (Å²) in [5.74, 6) is 1.29. The molecule has 5 nitrogen and oxygen atoms in total. The van der Waals surface area contributed by atoms with Crippen LogP contribution in [0.15, 0.2) is 48.5 Å². The topological polar surface area (TPSA) is 67.6 Å². The van der Waals surface area contributed by atoms with Crippen molar-refractivity contribution in [1.29, 1.82) is 0 Å². The molecule has 2 aromatic rings. The Bertz CT molecular complexity index is 754. The van der Waals surface area contributed by atoms with Crippen LogP contribution in [-0.4, -0.2) is 36.5 Å². The van der Waals surface area contributed by atoms with E-state index in [9.17, 15) is 4.79 Å². The average molecular weight is 426 g/mol. The molecule has 1 atom stereocenters. The molecule has 0 bridgehead atoms. The van der Waals surface area contributed by atoms with Gasteiger partial charge >= 0.3 is 0 Å². The van der Waals surface area contributed by atoms with Gasteiger partial charge in [0.05, 0.1) is 11.4 Å². The highest BCUT2D eigenvalue weighted by Crippen LogP contribution is 2.21. The number of nitrogens with one attached hydrogen (secondary N) is 1. The molecule has 154 valence electrons. The Labute approximate surface area is 179 Å². The summed E-state index contributed by atoms with van der Waals surface area (Å²) in [7, 11) is 0. The first kappa shape index (κ1) is 24.1. The molecule has 3 rings (SSSR count). The van der Waals surface area contributed by atoms with E-state index < -0.39 is 0 Å². The summed E-state index contributed by atoms with van der Waals surface area (Å²) < 4.78 is 6.07. The predicted octanol–water partition coefficient (Wildman–Crippen LogP) is 4.47. The van der Waals surface area contributed by atoms with Gasteiger partial charge in [0.2, 0.25) is 0 Å². The molecule has 1 heterocycles. The summed E-state index contributed by atoms with van der Waals surface area (Å²) in [5, 5.41) is 2.83. The smallest absolute Gasteiger partial charge is 0.255 e. The van der Waals surface area contributed by atoms with Gasteiger partial charge in [-0.1, -0.05) is 26.0 Å². The number of halogens is 2. The van der Waals surface area contributed by atoms with Crippen molar-refractivity contribution in [1.82, 2.24) is 4.90 Å². The molecule has 1 amide bonds. The number of para-hydroxylation sites is 2. The number of anilines is 2. The standard InChI is InChI=1S/C21H27N3O2.2ClH/c1-15(2)13-24-12-11-18(14-24)26-17-9-7-16(8-10-17)21(25)23-20-6-4-3-5-19(20)22;;/h3-10,15,18H,11-14,22H2,1-2H3,(H,23,25);2*1H. The van der Waals surface area contributed by atoms with Crippen molar-refractivity contribution in [3.8, 4) is 5.75 Å². The molecule has 1 fully saturated rings. The van der Waals surface area contributed by atoms with Crippen molar-refractivity contribution in [2.75, 3.05) is 30.7 Å². The number of rotatable bonds is 6. The van der Waals surface area contributed by atoms with Crippen LogP contribution in [0.25, 0.3) is 0 Å². The first-order chi connectivity index (χ1) is 12.5. The highest BCUT2D eigenvalue weighted by atomic mass is 35.5. The molecule has 2 aromatic carbocycles. The number of nitrogen functional groups attached to an aromatic ring is 1. The zero-order chi connectivity index (χ0) is 18.5. The van der Waals surface area contributed by atoms with Crippen LogP contribution in [0.2, 0.25) is 0 Å². The molecule has 1 saturated heterocycles. The van der Waals surface area contributed by atoms with Crippen LogP contribution in [0, 0.1) is 5.92 Å². The van der Waals surface area contributed by atoms with Crippen molar-refractivity contribution < 1.29 is 9.53 Å².